The van der Waals surface area contributed by atoms with Gasteiger partial charge in [0.25, 0.3) is 0 Å². The molecule has 0 unspecified atom stereocenters. The summed E-state index contributed by atoms with van der Waals surface area (Å²) in [5.41, 5.74) is 2.37. The number of fused-ring (bicyclic) bond motifs is 3. The van der Waals surface area contributed by atoms with Crippen molar-refractivity contribution in [2.75, 3.05) is 0 Å². The number of aromatic nitrogens is 4. The summed E-state index contributed by atoms with van der Waals surface area (Å²) in [6, 6.07) is 5.83. The Bertz CT molecular complexity index is 519. The highest BCUT2D eigenvalue weighted by Gasteiger charge is 2.03. The van der Waals surface area contributed by atoms with Gasteiger partial charge in [-0.3, -0.25) is 4.40 Å². The lowest BCUT2D eigenvalue weighted by molar-refractivity contribution is 1.17. The summed E-state index contributed by atoms with van der Waals surface area (Å²) in [5, 5.41) is 0. The SMILES string of the molecule is c1ccn2c(c1)nc1nccnc12. The number of imidazole rings is 1. The Labute approximate surface area is 73.9 Å². The van der Waals surface area contributed by atoms with Gasteiger partial charge in [0, 0.05) is 18.6 Å². The zero-order valence-corrected chi connectivity index (χ0v) is 6.75. The molecular formula is C9H6N4. The van der Waals surface area contributed by atoms with Crippen LogP contribution in [0.3, 0.4) is 0 Å². The zero-order chi connectivity index (χ0) is 8.67. The van der Waals surface area contributed by atoms with Gasteiger partial charge in [-0.15, -0.1) is 0 Å². The lowest BCUT2D eigenvalue weighted by Crippen LogP contribution is -1.84. The van der Waals surface area contributed by atoms with Crippen molar-refractivity contribution in [1.29, 1.82) is 0 Å². The Balaban J connectivity index is 2.64. The monoisotopic (exact) mass is 170 g/mol. The van der Waals surface area contributed by atoms with Gasteiger partial charge in [0.05, 0.1) is 0 Å². The van der Waals surface area contributed by atoms with Gasteiger partial charge in [0.1, 0.15) is 5.65 Å². The van der Waals surface area contributed by atoms with Crippen molar-refractivity contribution >= 4 is 16.9 Å². The minimum absolute atomic E-state index is 0.689. The first-order valence-electron chi connectivity index (χ1n) is 3.99. The molecule has 0 bridgehead atoms. The predicted molar refractivity (Wildman–Crippen MR) is 48.3 cm³/mol. The molecule has 0 saturated heterocycles. The van der Waals surface area contributed by atoms with Gasteiger partial charge in [-0.05, 0) is 12.1 Å². The summed E-state index contributed by atoms with van der Waals surface area (Å²) in [4.78, 5) is 12.6. The first-order valence-corrected chi connectivity index (χ1v) is 3.99. The van der Waals surface area contributed by atoms with Crippen molar-refractivity contribution in [3.05, 3.63) is 36.8 Å². The van der Waals surface area contributed by atoms with Crippen LogP contribution in [0.15, 0.2) is 36.8 Å². The molecule has 4 nitrogen and oxygen atoms in total. The van der Waals surface area contributed by atoms with Crippen LogP contribution in [-0.4, -0.2) is 19.4 Å². The normalized spacial score (nSPS) is 11.1. The average molecular weight is 170 g/mol. The minimum atomic E-state index is 0.689. The van der Waals surface area contributed by atoms with Gasteiger partial charge in [0.15, 0.2) is 11.3 Å². The summed E-state index contributed by atoms with van der Waals surface area (Å²) in [7, 11) is 0. The van der Waals surface area contributed by atoms with Crippen molar-refractivity contribution in [2.45, 2.75) is 0 Å². The van der Waals surface area contributed by atoms with Crippen LogP contribution in [-0.2, 0) is 0 Å². The summed E-state index contributed by atoms with van der Waals surface area (Å²) in [6.07, 6.45) is 5.25. The third kappa shape index (κ3) is 0.823. The highest BCUT2D eigenvalue weighted by Crippen LogP contribution is 2.10. The highest BCUT2D eigenvalue weighted by atomic mass is 15.1. The molecular weight excluding hydrogens is 164 g/mol. The molecule has 3 aromatic rings. The fourth-order valence-corrected chi connectivity index (χ4v) is 1.38. The molecule has 0 aromatic carbocycles. The molecule has 0 saturated carbocycles. The summed E-state index contributed by atoms with van der Waals surface area (Å²) in [6.45, 7) is 0. The quantitative estimate of drug-likeness (QED) is 0.510. The molecule has 3 aromatic heterocycles. The molecule has 0 spiro atoms. The summed E-state index contributed by atoms with van der Waals surface area (Å²) < 4.78 is 1.92. The molecule has 4 heteroatoms. The smallest absolute Gasteiger partial charge is 0.198 e. The van der Waals surface area contributed by atoms with Gasteiger partial charge in [-0.25, -0.2) is 15.0 Å². The fraction of sp³-hybridized carbons (Fsp3) is 0. The van der Waals surface area contributed by atoms with E-state index >= 15 is 0 Å². The van der Waals surface area contributed by atoms with E-state index < -0.39 is 0 Å². The van der Waals surface area contributed by atoms with Gasteiger partial charge in [0.2, 0.25) is 0 Å². The molecule has 0 amide bonds. The number of hydrogen-bond acceptors (Lipinski definition) is 3. The Kier molecular flexibility index (Phi) is 1.14. The molecule has 0 N–H and O–H groups in total. The zero-order valence-electron chi connectivity index (χ0n) is 6.75. The summed E-state index contributed by atoms with van der Waals surface area (Å²) >= 11 is 0. The van der Waals surface area contributed by atoms with E-state index in [2.05, 4.69) is 15.0 Å². The number of rotatable bonds is 0. The highest BCUT2D eigenvalue weighted by molar-refractivity contribution is 5.71. The van der Waals surface area contributed by atoms with Gasteiger partial charge < -0.3 is 0 Å². The van der Waals surface area contributed by atoms with E-state index in [1.165, 1.54) is 0 Å². The first-order chi connectivity index (χ1) is 6.45. The van der Waals surface area contributed by atoms with E-state index in [-0.39, 0.29) is 0 Å². The van der Waals surface area contributed by atoms with Crippen LogP contribution in [0.5, 0.6) is 0 Å². The third-order valence-corrected chi connectivity index (χ3v) is 1.95. The standard InChI is InChI=1S/C9H6N4/c1-2-6-13-7(3-1)12-8-9(13)11-5-4-10-8/h1-6H. The van der Waals surface area contributed by atoms with Crippen molar-refractivity contribution in [2.24, 2.45) is 0 Å². The maximum atomic E-state index is 4.30. The Morgan fingerprint density at radius 3 is 3.00 bits per heavy atom. The second-order valence-corrected chi connectivity index (χ2v) is 2.74. The van der Waals surface area contributed by atoms with Crippen molar-refractivity contribution in [1.82, 2.24) is 19.4 Å². The maximum absolute atomic E-state index is 4.30. The Morgan fingerprint density at radius 2 is 2.00 bits per heavy atom. The molecule has 0 aliphatic heterocycles. The van der Waals surface area contributed by atoms with Gasteiger partial charge in [-0.2, -0.15) is 0 Å². The molecule has 62 valence electrons. The van der Waals surface area contributed by atoms with E-state index in [1.54, 1.807) is 12.4 Å². The third-order valence-electron chi connectivity index (χ3n) is 1.95. The van der Waals surface area contributed by atoms with Gasteiger partial charge in [-0.1, -0.05) is 6.07 Å². The number of nitrogens with zero attached hydrogens (tertiary/aromatic N) is 4. The van der Waals surface area contributed by atoms with Crippen molar-refractivity contribution in [3.63, 3.8) is 0 Å². The second kappa shape index (κ2) is 2.26. The van der Waals surface area contributed by atoms with E-state index in [0.717, 1.165) is 11.3 Å². The Hall–Kier alpha value is -1.97. The maximum Gasteiger partial charge on any atom is 0.198 e. The Morgan fingerprint density at radius 1 is 1.08 bits per heavy atom. The minimum Gasteiger partial charge on any atom is -0.283 e. The predicted octanol–water partition coefficient (Wildman–Crippen LogP) is 1.28. The largest absolute Gasteiger partial charge is 0.283 e. The van der Waals surface area contributed by atoms with Gasteiger partial charge >= 0.3 is 0 Å². The van der Waals surface area contributed by atoms with Crippen LogP contribution < -0.4 is 0 Å². The molecule has 0 aliphatic rings. The van der Waals surface area contributed by atoms with Crippen LogP contribution in [0.4, 0.5) is 0 Å². The first kappa shape index (κ1) is 6.54. The molecule has 0 radical (unpaired) electrons. The van der Waals surface area contributed by atoms with E-state index in [9.17, 15) is 0 Å². The van der Waals surface area contributed by atoms with Crippen LogP contribution in [0, 0.1) is 0 Å². The van der Waals surface area contributed by atoms with Crippen molar-refractivity contribution in [3.8, 4) is 0 Å². The lowest BCUT2D eigenvalue weighted by Gasteiger charge is -1.90. The van der Waals surface area contributed by atoms with E-state index in [4.69, 9.17) is 0 Å². The number of pyridine rings is 1. The molecule has 3 heterocycles. The van der Waals surface area contributed by atoms with E-state index in [1.807, 2.05) is 28.8 Å². The van der Waals surface area contributed by atoms with Crippen LogP contribution >= 0.6 is 0 Å². The van der Waals surface area contributed by atoms with E-state index in [0.29, 0.717) is 5.65 Å². The molecule has 0 fully saturated rings. The average Bonchev–Trinajstić information content (AvgIpc) is 2.56. The second-order valence-electron chi connectivity index (χ2n) is 2.74. The molecule has 0 aliphatic carbocycles. The van der Waals surface area contributed by atoms with Crippen LogP contribution in [0.1, 0.15) is 0 Å². The molecule has 3 rings (SSSR count). The summed E-state index contributed by atoms with van der Waals surface area (Å²) in [5.74, 6) is 0. The lowest BCUT2D eigenvalue weighted by atomic mass is 10.5. The van der Waals surface area contributed by atoms with Crippen LogP contribution in [0.25, 0.3) is 16.9 Å². The van der Waals surface area contributed by atoms with Crippen LogP contribution in [0.2, 0.25) is 0 Å². The van der Waals surface area contributed by atoms with Crippen molar-refractivity contribution < 1.29 is 0 Å². The molecule has 0 atom stereocenters. The molecule has 13 heavy (non-hydrogen) atoms. The number of hydrogen-bond donors (Lipinski definition) is 0. The fourth-order valence-electron chi connectivity index (χ4n) is 1.38. The topological polar surface area (TPSA) is 43.1 Å².